The molecule has 3 nitrogen and oxygen atoms in total. The summed E-state index contributed by atoms with van der Waals surface area (Å²) in [6.45, 7) is 11.4. The van der Waals surface area contributed by atoms with E-state index < -0.39 is 7.40 Å². The number of ether oxygens (including phenoxy) is 1. The molecule has 2 heterocycles. The molecule has 0 atom stereocenters. The summed E-state index contributed by atoms with van der Waals surface area (Å²) in [6, 6.07) is 5.68. The number of allylic oxidation sites excluding steroid dienone is 2. The highest BCUT2D eigenvalue weighted by Crippen LogP contribution is 2.40. The maximum absolute atomic E-state index is 14.0. The monoisotopic (exact) mass is 382 g/mol. The van der Waals surface area contributed by atoms with Gasteiger partial charge in [-0.2, -0.15) is 0 Å². The highest BCUT2D eigenvalue weighted by atomic mass is 19.2. The fourth-order valence-corrected chi connectivity index (χ4v) is 4.10. The van der Waals surface area contributed by atoms with Crippen LogP contribution in [0, 0.1) is 27.7 Å². The Balaban J connectivity index is 2.46. The summed E-state index contributed by atoms with van der Waals surface area (Å²) in [5.41, 5.74) is 8.05. The van der Waals surface area contributed by atoms with E-state index in [2.05, 4.69) is 0 Å². The molecule has 146 valence electrons. The summed E-state index contributed by atoms with van der Waals surface area (Å²) in [7, 11) is -1.01. The summed E-state index contributed by atoms with van der Waals surface area (Å²) >= 11 is 0. The number of hydrogen-bond donors (Lipinski definition) is 0. The molecule has 6 heteroatoms. The van der Waals surface area contributed by atoms with E-state index >= 15 is 0 Å². The van der Waals surface area contributed by atoms with Crippen LogP contribution in [0.1, 0.15) is 47.5 Å². The first-order valence-corrected chi connectivity index (χ1v) is 9.26. The second-order valence-electron chi connectivity index (χ2n) is 7.41. The number of benzene rings is 1. The molecule has 1 aliphatic rings. The smallest absolute Gasteiger partial charge is 0.497 e. The van der Waals surface area contributed by atoms with E-state index in [1.54, 1.807) is 20.1 Å². The van der Waals surface area contributed by atoms with E-state index in [4.69, 9.17) is 9.73 Å². The quantitative estimate of drug-likeness (QED) is 0.625. The average Bonchev–Trinajstić information content (AvgIpc) is 3.08. The van der Waals surface area contributed by atoms with Gasteiger partial charge in [-0.25, -0.2) is 0 Å². The predicted molar refractivity (Wildman–Crippen MR) is 113 cm³/mol. The Morgan fingerprint density at radius 1 is 0.964 bits per heavy atom. The molecule has 0 N–H and O–H groups in total. The van der Waals surface area contributed by atoms with Gasteiger partial charge < -0.3 is 9.21 Å². The molecule has 0 saturated heterocycles. The number of halogens is 2. The zero-order chi connectivity index (χ0) is 20.7. The van der Waals surface area contributed by atoms with E-state index in [0.29, 0.717) is 11.4 Å². The van der Waals surface area contributed by atoms with Gasteiger partial charge in [0.25, 0.3) is 0 Å². The lowest BCUT2D eigenvalue weighted by molar-refractivity contribution is 0.414. The van der Waals surface area contributed by atoms with Crippen LogP contribution >= 0.6 is 0 Å². The molecule has 1 aromatic heterocycles. The van der Waals surface area contributed by atoms with Crippen LogP contribution in [0.4, 0.5) is 8.63 Å². The Bertz CT molecular complexity index is 1020. The SMILES string of the molecule is COc1cc(C)c(/C(=C2/N=C(C)C=C2C)c2c(C)cc(C)n2B(F)F)c(C)c1. The van der Waals surface area contributed by atoms with Gasteiger partial charge in [-0.05, 0) is 93.6 Å². The second kappa shape index (κ2) is 7.42. The van der Waals surface area contributed by atoms with Crippen molar-refractivity contribution >= 4 is 18.7 Å². The lowest BCUT2D eigenvalue weighted by atomic mass is 9.88. The molecular formula is C22H25BF2N2O. The van der Waals surface area contributed by atoms with Gasteiger partial charge in [-0.15, -0.1) is 0 Å². The van der Waals surface area contributed by atoms with E-state index in [0.717, 1.165) is 55.0 Å². The topological polar surface area (TPSA) is 26.5 Å². The molecule has 0 fully saturated rings. The van der Waals surface area contributed by atoms with Gasteiger partial charge in [0.15, 0.2) is 0 Å². The Hall–Kier alpha value is -2.63. The van der Waals surface area contributed by atoms with E-state index in [1.165, 1.54) is 0 Å². The number of methoxy groups -OCH3 is 1. The minimum absolute atomic E-state index is 0.519. The molecule has 0 aliphatic carbocycles. The second-order valence-corrected chi connectivity index (χ2v) is 7.41. The van der Waals surface area contributed by atoms with Crippen molar-refractivity contribution < 1.29 is 13.4 Å². The zero-order valence-corrected chi connectivity index (χ0v) is 17.4. The molecule has 0 amide bonds. The van der Waals surface area contributed by atoms with E-state index in [9.17, 15) is 8.63 Å². The van der Waals surface area contributed by atoms with Crippen LogP contribution in [0.5, 0.6) is 5.75 Å². The lowest BCUT2D eigenvalue weighted by Crippen LogP contribution is -2.19. The van der Waals surface area contributed by atoms with Crippen LogP contribution in [0.2, 0.25) is 0 Å². The van der Waals surface area contributed by atoms with Crippen LogP contribution in [-0.2, 0) is 0 Å². The molecule has 0 bridgehead atoms. The molecule has 28 heavy (non-hydrogen) atoms. The van der Waals surface area contributed by atoms with Crippen molar-refractivity contribution in [2.75, 3.05) is 7.11 Å². The molecular weight excluding hydrogens is 357 g/mol. The van der Waals surface area contributed by atoms with Crippen molar-refractivity contribution in [3.63, 3.8) is 0 Å². The van der Waals surface area contributed by atoms with Gasteiger partial charge in [-0.3, -0.25) is 13.6 Å². The van der Waals surface area contributed by atoms with Crippen molar-refractivity contribution in [2.24, 2.45) is 4.99 Å². The minimum atomic E-state index is -2.63. The minimum Gasteiger partial charge on any atom is -0.497 e. The first-order valence-electron chi connectivity index (χ1n) is 9.26. The molecule has 1 aromatic carbocycles. The van der Waals surface area contributed by atoms with Crippen molar-refractivity contribution in [2.45, 2.75) is 41.5 Å². The number of nitrogens with zero attached hydrogens (tertiary/aromatic N) is 2. The van der Waals surface area contributed by atoms with Crippen molar-refractivity contribution in [3.8, 4) is 5.75 Å². The molecule has 0 saturated carbocycles. The normalized spacial score (nSPS) is 15.5. The maximum Gasteiger partial charge on any atom is 0.677 e. The standard InChI is InChI=1S/C22H25BF2N2O/c1-12-10-18(28-7)11-13(2)19(12)20(21-14(3)8-16(5)26-21)22-15(4)9-17(6)27(22)23(24)25/h8-11H,1-7H3/b21-20-. The summed E-state index contributed by atoms with van der Waals surface area (Å²) in [6.07, 6.45) is 1.99. The van der Waals surface area contributed by atoms with Gasteiger partial charge in [0.05, 0.1) is 12.8 Å². The third-order valence-corrected chi connectivity index (χ3v) is 5.17. The van der Waals surface area contributed by atoms with Crippen LogP contribution in [0.25, 0.3) is 5.57 Å². The predicted octanol–water partition coefficient (Wildman–Crippen LogP) is 5.68. The Morgan fingerprint density at radius 2 is 1.57 bits per heavy atom. The van der Waals surface area contributed by atoms with Crippen LogP contribution in [0.15, 0.2) is 40.5 Å². The first kappa shape index (κ1) is 20.1. The lowest BCUT2D eigenvalue weighted by Gasteiger charge is -2.21. The van der Waals surface area contributed by atoms with Crippen molar-refractivity contribution in [3.05, 3.63) is 69.2 Å². The maximum atomic E-state index is 14.0. The number of aromatic nitrogens is 1. The van der Waals surface area contributed by atoms with Gasteiger partial charge in [0.2, 0.25) is 0 Å². The van der Waals surface area contributed by atoms with E-state index in [-0.39, 0.29) is 0 Å². The molecule has 0 spiro atoms. The summed E-state index contributed by atoms with van der Waals surface area (Å²) in [5, 5.41) is 0. The summed E-state index contributed by atoms with van der Waals surface area (Å²) in [5.74, 6) is 0.749. The number of hydrogen-bond acceptors (Lipinski definition) is 2. The molecule has 1 aliphatic heterocycles. The fourth-order valence-electron chi connectivity index (χ4n) is 4.10. The third-order valence-electron chi connectivity index (χ3n) is 5.17. The Morgan fingerprint density at radius 3 is 2.04 bits per heavy atom. The van der Waals surface area contributed by atoms with Crippen LogP contribution in [0.3, 0.4) is 0 Å². The highest BCUT2D eigenvalue weighted by Gasteiger charge is 2.30. The van der Waals surface area contributed by atoms with Gasteiger partial charge in [0.1, 0.15) is 5.75 Å². The van der Waals surface area contributed by atoms with Crippen molar-refractivity contribution in [1.29, 1.82) is 0 Å². The Labute approximate surface area is 165 Å². The van der Waals surface area contributed by atoms with Gasteiger partial charge in [-0.1, -0.05) is 0 Å². The average molecular weight is 382 g/mol. The van der Waals surface area contributed by atoms with Crippen LogP contribution in [-0.4, -0.2) is 24.7 Å². The molecule has 0 unspecified atom stereocenters. The molecule has 2 aromatic rings. The van der Waals surface area contributed by atoms with E-state index in [1.807, 2.05) is 52.8 Å². The van der Waals surface area contributed by atoms with Gasteiger partial charge in [0, 0.05) is 22.7 Å². The summed E-state index contributed by atoms with van der Waals surface area (Å²) in [4.78, 5) is 4.71. The molecule has 3 rings (SSSR count). The fraction of sp³-hybridized carbons (Fsp3) is 0.318. The third kappa shape index (κ3) is 3.32. The highest BCUT2D eigenvalue weighted by molar-refractivity contribution is 6.41. The number of aliphatic imine (C=N–C) groups is 1. The zero-order valence-electron chi connectivity index (χ0n) is 17.4. The summed E-state index contributed by atoms with van der Waals surface area (Å²) < 4.78 is 34.6. The Kier molecular flexibility index (Phi) is 5.33. The number of aryl methyl sites for hydroxylation is 4. The molecule has 0 radical (unpaired) electrons. The largest absolute Gasteiger partial charge is 0.677 e. The number of rotatable bonds is 4. The van der Waals surface area contributed by atoms with Gasteiger partial charge >= 0.3 is 7.40 Å². The van der Waals surface area contributed by atoms with Crippen LogP contribution < -0.4 is 4.74 Å². The van der Waals surface area contributed by atoms with Crippen molar-refractivity contribution in [1.82, 2.24) is 4.48 Å². The first-order chi connectivity index (χ1) is 13.1.